The van der Waals surface area contributed by atoms with Gasteiger partial charge in [0.1, 0.15) is 18.0 Å². The van der Waals surface area contributed by atoms with Crippen molar-refractivity contribution in [2.45, 2.75) is 78.3 Å². The van der Waals surface area contributed by atoms with E-state index in [1.165, 1.54) is 6.92 Å². The molecule has 0 spiro atoms. The van der Waals surface area contributed by atoms with Gasteiger partial charge in [-0.15, -0.1) is 0 Å². The van der Waals surface area contributed by atoms with Crippen molar-refractivity contribution < 1.29 is 23.0 Å². The second-order valence-electron chi connectivity index (χ2n) is 10.0. The first-order valence-electron chi connectivity index (χ1n) is 12.2. The normalized spacial score (nSPS) is 18.9. The summed E-state index contributed by atoms with van der Waals surface area (Å²) in [4.78, 5) is 18.3. The smallest absolute Gasteiger partial charge is 0.416 e. The molecule has 2 aliphatic rings. The first-order valence-corrected chi connectivity index (χ1v) is 12.2. The summed E-state index contributed by atoms with van der Waals surface area (Å²) in [7, 11) is 0. The predicted molar refractivity (Wildman–Crippen MR) is 132 cm³/mol. The van der Waals surface area contributed by atoms with Crippen LogP contribution < -0.4 is 5.56 Å². The lowest BCUT2D eigenvalue weighted by atomic mass is 9.84. The standard InChI is InChI=1S/C28H29F3N2O3/c1-7-16-17-11-33-22(10-20-18(26(33)34)12-36-15(6)27(20,35)8-2)25(17)32-21-9-19(28(29,30)31)14(5)23(13(3)4)24(16)21/h9-10,13,35H,6-8,11-12H2,1-5H3/t27-/m1/s1. The number of rotatable bonds is 3. The first kappa shape index (κ1) is 24.6. The van der Waals surface area contributed by atoms with E-state index in [0.29, 0.717) is 34.5 Å². The van der Waals surface area contributed by atoms with Gasteiger partial charge in [0.2, 0.25) is 0 Å². The molecule has 1 aromatic carbocycles. The maximum absolute atomic E-state index is 14.0. The monoisotopic (exact) mass is 498 g/mol. The van der Waals surface area contributed by atoms with Gasteiger partial charge in [0, 0.05) is 16.5 Å². The Hall–Kier alpha value is -3.13. The fourth-order valence-corrected chi connectivity index (χ4v) is 5.99. The van der Waals surface area contributed by atoms with Crippen molar-refractivity contribution >= 4 is 10.9 Å². The number of hydrogen-bond acceptors (Lipinski definition) is 4. The lowest BCUT2D eigenvalue weighted by molar-refractivity contribution is -0.138. The van der Waals surface area contributed by atoms with Crippen molar-refractivity contribution in [3.8, 4) is 11.4 Å². The van der Waals surface area contributed by atoms with Gasteiger partial charge in [-0.25, -0.2) is 4.98 Å². The lowest BCUT2D eigenvalue weighted by Crippen LogP contribution is -2.38. The van der Waals surface area contributed by atoms with E-state index in [4.69, 9.17) is 9.72 Å². The Morgan fingerprint density at radius 1 is 1.25 bits per heavy atom. The van der Waals surface area contributed by atoms with E-state index >= 15 is 0 Å². The van der Waals surface area contributed by atoms with Crippen molar-refractivity contribution in [2.24, 2.45) is 0 Å². The van der Waals surface area contributed by atoms with Gasteiger partial charge in [0.05, 0.1) is 34.6 Å². The van der Waals surface area contributed by atoms with Crippen molar-refractivity contribution in [1.29, 1.82) is 0 Å². The lowest BCUT2D eigenvalue weighted by Gasteiger charge is -2.35. The second kappa shape index (κ2) is 7.93. The van der Waals surface area contributed by atoms with Crippen LogP contribution in [0, 0.1) is 6.92 Å². The van der Waals surface area contributed by atoms with E-state index in [9.17, 15) is 23.1 Å². The highest BCUT2D eigenvalue weighted by Crippen LogP contribution is 2.45. The molecule has 4 heterocycles. The zero-order valence-corrected chi connectivity index (χ0v) is 21.1. The minimum atomic E-state index is -4.51. The molecule has 0 saturated heterocycles. The largest absolute Gasteiger partial charge is 0.490 e. The summed E-state index contributed by atoms with van der Waals surface area (Å²) in [6.45, 7) is 13.2. The number of fused-ring (bicyclic) bond motifs is 5. The van der Waals surface area contributed by atoms with Crippen LogP contribution in [0.1, 0.15) is 79.0 Å². The van der Waals surface area contributed by atoms with Crippen LogP contribution >= 0.6 is 0 Å². The molecule has 2 aromatic heterocycles. The number of aliphatic hydroxyl groups is 1. The van der Waals surface area contributed by atoms with Gasteiger partial charge in [-0.3, -0.25) is 4.79 Å². The van der Waals surface area contributed by atoms with Crippen LogP contribution in [-0.2, 0) is 36.1 Å². The van der Waals surface area contributed by atoms with E-state index in [0.717, 1.165) is 22.6 Å². The van der Waals surface area contributed by atoms with Gasteiger partial charge < -0.3 is 14.4 Å². The van der Waals surface area contributed by atoms with Gasteiger partial charge >= 0.3 is 6.18 Å². The zero-order valence-electron chi connectivity index (χ0n) is 21.1. The number of alkyl halides is 3. The summed E-state index contributed by atoms with van der Waals surface area (Å²) >= 11 is 0. The number of halogens is 3. The number of ether oxygens (including phenoxy) is 1. The molecule has 190 valence electrons. The van der Waals surface area contributed by atoms with Crippen molar-refractivity contribution in [2.75, 3.05) is 0 Å². The molecule has 3 aromatic rings. The highest BCUT2D eigenvalue weighted by atomic mass is 19.4. The Kier molecular flexibility index (Phi) is 5.41. The summed E-state index contributed by atoms with van der Waals surface area (Å²) in [6, 6.07) is 2.87. The number of nitrogens with zero attached hydrogens (tertiary/aromatic N) is 2. The molecule has 0 radical (unpaired) electrons. The second-order valence-corrected chi connectivity index (χ2v) is 10.0. The third-order valence-corrected chi connectivity index (χ3v) is 7.80. The summed E-state index contributed by atoms with van der Waals surface area (Å²) in [6.07, 6.45) is -3.68. The highest BCUT2D eigenvalue weighted by Gasteiger charge is 2.42. The molecule has 5 rings (SSSR count). The van der Waals surface area contributed by atoms with Gasteiger partial charge in [0.25, 0.3) is 5.56 Å². The maximum Gasteiger partial charge on any atom is 0.416 e. The van der Waals surface area contributed by atoms with E-state index < -0.39 is 17.3 Å². The van der Waals surface area contributed by atoms with Crippen molar-refractivity contribution in [3.05, 3.63) is 73.8 Å². The Labute approximate surface area is 207 Å². The topological polar surface area (TPSA) is 64.4 Å². The Bertz CT molecular complexity index is 1520. The molecule has 1 N–H and O–H groups in total. The molecule has 0 aliphatic carbocycles. The third-order valence-electron chi connectivity index (χ3n) is 7.80. The van der Waals surface area contributed by atoms with Crippen LogP contribution in [-0.4, -0.2) is 14.7 Å². The molecular formula is C28H29F3N2O3. The van der Waals surface area contributed by atoms with Gasteiger partial charge in [-0.1, -0.05) is 34.3 Å². The van der Waals surface area contributed by atoms with E-state index in [1.807, 2.05) is 20.8 Å². The Morgan fingerprint density at radius 3 is 2.53 bits per heavy atom. The van der Waals surface area contributed by atoms with Crippen molar-refractivity contribution in [1.82, 2.24) is 9.55 Å². The summed E-state index contributed by atoms with van der Waals surface area (Å²) in [5.41, 5.74) is 2.13. The van der Waals surface area contributed by atoms with E-state index in [2.05, 4.69) is 6.58 Å². The molecular weight excluding hydrogens is 469 g/mol. The van der Waals surface area contributed by atoms with Crippen LogP contribution in [0.4, 0.5) is 13.2 Å². The minimum absolute atomic E-state index is 0.00755. The molecule has 0 saturated carbocycles. The van der Waals surface area contributed by atoms with Crippen LogP contribution in [0.2, 0.25) is 0 Å². The molecule has 8 heteroatoms. The quantitative estimate of drug-likeness (QED) is 0.372. The predicted octanol–water partition coefficient (Wildman–Crippen LogP) is 6.08. The molecule has 0 bridgehead atoms. The van der Waals surface area contributed by atoms with E-state index in [-0.39, 0.29) is 47.9 Å². The molecule has 0 unspecified atom stereocenters. The van der Waals surface area contributed by atoms with Crippen LogP contribution in [0.3, 0.4) is 0 Å². The summed E-state index contributed by atoms with van der Waals surface area (Å²) in [5, 5.41) is 12.1. The number of hydrogen-bond donors (Lipinski definition) is 1. The minimum Gasteiger partial charge on any atom is -0.490 e. The molecule has 5 nitrogen and oxygen atoms in total. The fraction of sp³-hybridized carbons (Fsp3) is 0.429. The van der Waals surface area contributed by atoms with Gasteiger partial charge in [-0.2, -0.15) is 13.2 Å². The number of pyridine rings is 2. The fourth-order valence-electron chi connectivity index (χ4n) is 5.99. The van der Waals surface area contributed by atoms with Crippen LogP contribution in [0.5, 0.6) is 0 Å². The number of aryl methyl sites for hydroxylation is 1. The van der Waals surface area contributed by atoms with Crippen LogP contribution in [0.15, 0.2) is 29.3 Å². The average Bonchev–Trinajstić information content (AvgIpc) is 3.17. The van der Waals surface area contributed by atoms with Gasteiger partial charge in [-0.05, 0) is 54.5 Å². The summed E-state index contributed by atoms with van der Waals surface area (Å²) in [5.74, 6) is 0.0224. The first-order chi connectivity index (χ1) is 16.8. The summed E-state index contributed by atoms with van der Waals surface area (Å²) < 4.78 is 49.1. The number of benzene rings is 1. The van der Waals surface area contributed by atoms with E-state index in [1.54, 1.807) is 17.6 Å². The number of aromatic nitrogens is 2. The Morgan fingerprint density at radius 2 is 1.94 bits per heavy atom. The van der Waals surface area contributed by atoms with Crippen molar-refractivity contribution in [3.63, 3.8) is 0 Å². The third kappa shape index (κ3) is 3.19. The molecule has 36 heavy (non-hydrogen) atoms. The molecule has 0 amide bonds. The van der Waals surface area contributed by atoms with Crippen LogP contribution in [0.25, 0.3) is 22.3 Å². The highest BCUT2D eigenvalue weighted by molar-refractivity contribution is 5.92. The molecule has 0 fully saturated rings. The van der Waals surface area contributed by atoms with Gasteiger partial charge in [0.15, 0.2) is 0 Å². The Balaban J connectivity index is 1.89. The zero-order chi connectivity index (χ0) is 26.3. The maximum atomic E-state index is 14.0. The molecule has 2 aliphatic heterocycles. The molecule has 1 atom stereocenters. The average molecular weight is 499 g/mol. The SMILES string of the molecule is C=C1OCc2c(cc3n(c2=O)Cc2c-3nc3cc(C(F)(F)F)c(C)c(C(C)C)c3c2CC)[C@@]1(O)CC.